The summed E-state index contributed by atoms with van der Waals surface area (Å²) in [5.41, 5.74) is -0.511. The van der Waals surface area contributed by atoms with Crippen LogP contribution in [-0.2, 0) is 4.79 Å². The fourth-order valence-corrected chi connectivity index (χ4v) is 8.52. The first-order valence-corrected chi connectivity index (χ1v) is 17.7. The quantitative estimate of drug-likeness (QED) is 0.402. The van der Waals surface area contributed by atoms with Gasteiger partial charge in [-0.3, -0.25) is 23.6 Å². The van der Waals surface area contributed by atoms with Crippen molar-refractivity contribution < 1.29 is 9.18 Å². The summed E-state index contributed by atoms with van der Waals surface area (Å²) >= 11 is 1.86. The van der Waals surface area contributed by atoms with Gasteiger partial charge in [0.05, 0.1) is 18.1 Å². The minimum Gasteiger partial charge on any atom is -0.352 e. The van der Waals surface area contributed by atoms with E-state index in [1.807, 2.05) is 11.8 Å². The number of fused-ring (bicyclic) bond motifs is 1. The number of carbonyl (C=O) groups excluding carboxylic acids is 1. The molecule has 1 atom stereocenters. The molecular formula is C32H49FN6O3S. The molecular weight excluding hydrogens is 567 g/mol. The molecule has 1 amide bonds. The van der Waals surface area contributed by atoms with Crippen LogP contribution in [0.4, 0.5) is 4.39 Å². The van der Waals surface area contributed by atoms with E-state index in [0.29, 0.717) is 38.3 Å². The van der Waals surface area contributed by atoms with Crippen molar-refractivity contribution in [3.63, 3.8) is 0 Å². The van der Waals surface area contributed by atoms with Crippen molar-refractivity contribution in [3.05, 3.63) is 38.9 Å². The van der Waals surface area contributed by atoms with Crippen molar-refractivity contribution in [1.29, 1.82) is 0 Å². The predicted octanol–water partition coefficient (Wildman–Crippen LogP) is 4.34. The van der Waals surface area contributed by atoms with Crippen LogP contribution >= 0.6 is 11.8 Å². The summed E-state index contributed by atoms with van der Waals surface area (Å²) in [6, 6.07) is 1.33. The number of hydrogen-bond acceptors (Lipinski definition) is 7. The van der Waals surface area contributed by atoms with E-state index < -0.39 is 11.4 Å². The predicted molar refractivity (Wildman–Crippen MR) is 171 cm³/mol. The van der Waals surface area contributed by atoms with Crippen LogP contribution in [0, 0.1) is 5.82 Å². The topological polar surface area (TPSA) is 92.5 Å². The summed E-state index contributed by atoms with van der Waals surface area (Å²) in [4.78, 5) is 49.8. The van der Waals surface area contributed by atoms with E-state index in [9.17, 15) is 18.8 Å². The third-order valence-corrected chi connectivity index (χ3v) is 10.6. The molecule has 238 valence electrons. The molecule has 43 heavy (non-hydrogen) atoms. The van der Waals surface area contributed by atoms with E-state index in [4.69, 9.17) is 0 Å². The van der Waals surface area contributed by atoms with Crippen molar-refractivity contribution in [1.82, 2.24) is 29.2 Å². The summed E-state index contributed by atoms with van der Waals surface area (Å²) in [5.74, 6) is 1.37. The highest BCUT2D eigenvalue weighted by Crippen LogP contribution is 2.30. The van der Waals surface area contributed by atoms with Gasteiger partial charge in [-0.15, -0.1) is 0 Å². The number of amides is 1. The molecule has 1 N–H and O–H groups in total. The lowest BCUT2D eigenvalue weighted by Crippen LogP contribution is -2.52. The molecule has 9 nitrogen and oxygen atoms in total. The fourth-order valence-electron chi connectivity index (χ4n) is 7.44. The maximum Gasteiger partial charge on any atom is 0.333 e. The van der Waals surface area contributed by atoms with Crippen LogP contribution in [0.2, 0.25) is 0 Å². The highest BCUT2D eigenvalue weighted by Gasteiger charge is 2.31. The van der Waals surface area contributed by atoms with Gasteiger partial charge in [-0.1, -0.05) is 20.3 Å². The minimum atomic E-state index is -0.577. The second-order valence-corrected chi connectivity index (χ2v) is 13.9. The Kier molecular flexibility index (Phi) is 11.3. The van der Waals surface area contributed by atoms with Crippen LogP contribution in [0.3, 0.4) is 0 Å². The average Bonchev–Trinajstić information content (AvgIpc) is 3.00. The molecule has 1 saturated carbocycles. The van der Waals surface area contributed by atoms with E-state index in [1.54, 1.807) is 4.57 Å². The monoisotopic (exact) mass is 616 g/mol. The second-order valence-electron chi connectivity index (χ2n) is 12.7. The zero-order valence-electron chi connectivity index (χ0n) is 25.9. The molecule has 2 saturated heterocycles. The first kappa shape index (κ1) is 32.2. The van der Waals surface area contributed by atoms with Crippen LogP contribution in [0.15, 0.2) is 21.9 Å². The molecule has 3 aliphatic rings. The Hall–Kier alpha value is -2.24. The number of nitrogens with zero attached hydrogens (tertiary/aromatic N) is 5. The molecule has 5 rings (SSSR count). The lowest BCUT2D eigenvalue weighted by atomic mass is 9.90. The van der Waals surface area contributed by atoms with Gasteiger partial charge in [0.2, 0.25) is 5.91 Å². The lowest BCUT2D eigenvalue weighted by molar-refractivity contribution is -0.124. The Bertz CT molecular complexity index is 1350. The number of pyridine rings is 1. The molecule has 1 aliphatic carbocycles. The average molecular weight is 617 g/mol. The molecule has 4 heterocycles. The van der Waals surface area contributed by atoms with E-state index in [2.05, 4.69) is 33.9 Å². The standard InChI is InChI=1S/C32H49FN6O3S/c1-3-14-36(15-4-2)21-27-7-5-6-16-37(27)22-29(40)35-24-8-10-25(11-9-24)39-31(41)28-19-23(33)20-34-30(28)38(32(39)42)26-12-17-43-18-13-26/h19-20,24-27H,3-18,21-22H2,1-2H3,(H,35,40)/t24-,25+,27?. The number of aromatic nitrogens is 3. The summed E-state index contributed by atoms with van der Waals surface area (Å²) in [6.07, 6.45) is 11.1. The Balaban J connectivity index is 1.24. The molecule has 0 bridgehead atoms. The van der Waals surface area contributed by atoms with Crippen LogP contribution in [0.25, 0.3) is 11.0 Å². The molecule has 2 aliphatic heterocycles. The Labute approximate surface area is 258 Å². The summed E-state index contributed by atoms with van der Waals surface area (Å²) < 4.78 is 17.2. The molecule has 3 fully saturated rings. The van der Waals surface area contributed by atoms with Crippen LogP contribution in [0.1, 0.15) is 96.6 Å². The SMILES string of the molecule is CCCN(CCC)CC1CCCCN1CC(=O)N[C@H]1CC[C@@H](n2c(=O)c3cc(F)cnc3n(C3CCSCC3)c2=O)CC1. The molecule has 2 aromatic rings. The van der Waals surface area contributed by atoms with Crippen LogP contribution < -0.4 is 16.6 Å². The van der Waals surface area contributed by atoms with Crippen molar-refractivity contribution >= 4 is 28.7 Å². The Morgan fingerprint density at radius 1 is 1.00 bits per heavy atom. The molecule has 0 radical (unpaired) electrons. The number of carbonyl (C=O) groups is 1. The number of halogens is 1. The highest BCUT2D eigenvalue weighted by molar-refractivity contribution is 7.99. The number of nitrogens with one attached hydrogen (secondary N) is 1. The van der Waals surface area contributed by atoms with Crippen LogP contribution in [-0.4, -0.2) is 86.1 Å². The molecule has 1 unspecified atom stereocenters. The number of likely N-dealkylation sites (tertiary alicyclic amines) is 1. The van der Waals surface area contributed by atoms with Gasteiger partial charge in [0, 0.05) is 30.7 Å². The maximum atomic E-state index is 14.2. The third kappa shape index (κ3) is 7.71. The number of rotatable bonds is 11. The smallest absolute Gasteiger partial charge is 0.333 e. The van der Waals surface area contributed by atoms with Gasteiger partial charge in [0.25, 0.3) is 5.56 Å². The van der Waals surface area contributed by atoms with E-state index in [-0.39, 0.29) is 40.8 Å². The first-order chi connectivity index (χ1) is 20.9. The first-order valence-electron chi connectivity index (χ1n) is 16.5. The summed E-state index contributed by atoms with van der Waals surface area (Å²) in [7, 11) is 0. The number of thioether (sulfide) groups is 1. The van der Waals surface area contributed by atoms with Gasteiger partial charge in [0.1, 0.15) is 11.5 Å². The van der Waals surface area contributed by atoms with Crippen LogP contribution in [0.5, 0.6) is 0 Å². The Morgan fingerprint density at radius 3 is 2.40 bits per heavy atom. The Morgan fingerprint density at radius 2 is 1.70 bits per heavy atom. The largest absolute Gasteiger partial charge is 0.352 e. The maximum absolute atomic E-state index is 14.2. The van der Waals surface area contributed by atoms with E-state index >= 15 is 0 Å². The molecule has 0 aromatic carbocycles. The van der Waals surface area contributed by atoms with E-state index in [1.165, 1.54) is 17.1 Å². The lowest BCUT2D eigenvalue weighted by Gasteiger charge is -2.39. The van der Waals surface area contributed by atoms with Gasteiger partial charge in [-0.2, -0.15) is 11.8 Å². The third-order valence-electron chi connectivity index (χ3n) is 9.55. The highest BCUT2D eigenvalue weighted by atomic mass is 32.2. The molecule has 11 heteroatoms. The minimum absolute atomic E-state index is 0.0246. The summed E-state index contributed by atoms with van der Waals surface area (Å²) in [6.45, 7) is 9.06. The van der Waals surface area contributed by atoms with Crippen molar-refractivity contribution in [2.45, 2.75) is 109 Å². The fraction of sp³-hybridized carbons (Fsp3) is 0.750. The zero-order chi connectivity index (χ0) is 30.3. The summed E-state index contributed by atoms with van der Waals surface area (Å²) in [5, 5.41) is 3.43. The second kappa shape index (κ2) is 15.2. The zero-order valence-corrected chi connectivity index (χ0v) is 26.8. The van der Waals surface area contributed by atoms with Gasteiger partial charge >= 0.3 is 5.69 Å². The molecule has 2 aromatic heterocycles. The van der Waals surface area contributed by atoms with Crippen molar-refractivity contribution in [2.75, 3.05) is 44.2 Å². The van der Waals surface area contributed by atoms with E-state index in [0.717, 1.165) is 82.4 Å². The number of piperidine rings is 1. The van der Waals surface area contributed by atoms with Gasteiger partial charge in [-0.25, -0.2) is 14.2 Å². The number of hydrogen-bond donors (Lipinski definition) is 1. The van der Waals surface area contributed by atoms with Gasteiger partial charge in [0.15, 0.2) is 0 Å². The van der Waals surface area contributed by atoms with Gasteiger partial charge < -0.3 is 10.2 Å². The molecule has 0 spiro atoms. The normalized spacial score (nSPS) is 24.0. The van der Waals surface area contributed by atoms with Gasteiger partial charge in [-0.05, 0) is 101 Å². The van der Waals surface area contributed by atoms with Crippen molar-refractivity contribution in [2.24, 2.45) is 0 Å². The van der Waals surface area contributed by atoms with Crippen molar-refractivity contribution in [3.8, 4) is 0 Å².